The van der Waals surface area contributed by atoms with Crippen LogP contribution in [0.1, 0.15) is 42.9 Å². The zero-order valence-corrected chi connectivity index (χ0v) is 19.7. The Morgan fingerprint density at radius 1 is 1.11 bits per heavy atom. The summed E-state index contributed by atoms with van der Waals surface area (Å²) >= 11 is 0. The molecule has 4 aliphatic rings. The second-order valence-electron chi connectivity index (χ2n) is 10.4. The lowest BCUT2D eigenvalue weighted by molar-refractivity contribution is -0.226. The quantitative estimate of drug-likeness (QED) is 0.493. The summed E-state index contributed by atoms with van der Waals surface area (Å²) in [4.78, 5) is 13.4. The number of hydrogen-bond acceptors (Lipinski definition) is 4. The molecular formula is C27H26F2N4O2. The van der Waals surface area contributed by atoms with Crippen LogP contribution >= 0.6 is 0 Å². The highest BCUT2D eigenvalue weighted by atomic mass is 19.1. The zero-order valence-electron chi connectivity index (χ0n) is 19.7. The second kappa shape index (κ2) is 7.73. The van der Waals surface area contributed by atoms with Gasteiger partial charge in [0.05, 0.1) is 24.3 Å². The molecule has 1 aliphatic heterocycles. The van der Waals surface area contributed by atoms with Crippen LogP contribution in [-0.4, -0.2) is 33.5 Å². The zero-order chi connectivity index (χ0) is 24.4. The summed E-state index contributed by atoms with van der Waals surface area (Å²) in [5.74, 6) is -0.505. The van der Waals surface area contributed by atoms with E-state index >= 15 is 0 Å². The van der Waals surface area contributed by atoms with E-state index in [1.54, 1.807) is 10.9 Å². The average molecular weight is 477 g/mol. The maximum atomic E-state index is 13.7. The van der Waals surface area contributed by atoms with Crippen molar-refractivity contribution in [2.24, 2.45) is 23.0 Å². The van der Waals surface area contributed by atoms with Gasteiger partial charge in [-0.1, -0.05) is 6.07 Å². The van der Waals surface area contributed by atoms with Gasteiger partial charge in [-0.15, -0.1) is 0 Å². The van der Waals surface area contributed by atoms with Gasteiger partial charge in [0.15, 0.2) is 0 Å². The number of ether oxygens (including phenoxy) is 1. The maximum absolute atomic E-state index is 13.7. The third-order valence-electron chi connectivity index (χ3n) is 7.65. The molecule has 3 aromatic rings. The van der Waals surface area contributed by atoms with E-state index < -0.39 is 23.1 Å². The van der Waals surface area contributed by atoms with Gasteiger partial charge in [0.25, 0.3) is 0 Å². The number of hydrogen-bond donors (Lipinski definition) is 0. The van der Waals surface area contributed by atoms with E-state index in [0.717, 1.165) is 47.8 Å². The number of aromatic nitrogens is 2. The summed E-state index contributed by atoms with van der Waals surface area (Å²) in [7, 11) is 1.90. The van der Waals surface area contributed by atoms with Crippen molar-refractivity contribution >= 4 is 12.1 Å². The van der Waals surface area contributed by atoms with Crippen LogP contribution in [0.5, 0.6) is 5.75 Å². The van der Waals surface area contributed by atoms with Crippen molar-refractivity contribution in [3.05, 3.63) is 71.6 Å². The fraction of sp³-hybridized carbons (Fsp3) is 0.370. The van der Waals surface area contributed by atoms with Crippen LogP contribution < -0.4 is 4.74 Å². The largest absolute Gasteiger partial charge is 0.493 e. The number of carbonyl (C=O) groups excluding carboxylic acids is 1. The molecule has 3 saturated carbocycles. The predicted molar refractivity (Wildman–Crippen MR) is 127 cm³/mol. The number of aryl methyl sites for hydroxylation is 2. The molecule has 8 heteroatoms. The number of halogens is 2. The fourth-order valence-corrected chi connectivity index (χ4v) is 6.07. The predicted octanol–water partition coefficient (Wildman–Crippen LogP) is 5.18. The summed E-state index contributed by atoms with van der Waals surface area (Å²) < 4.78 is 35.4. The summed E-state index contributed by atoms with van der Waals surface area (Å²) in [5, 5.41) is 9.92. The molecule has 1 unspecified atom stereocenters. The molecule has 180 valence electrons. The molecule has 0 saturated heterocycles. The van der Waals surface area contributed by atoms with Gasteiger partial charge in [-0.2, -0.15) is 10.2 Å². The van der Waals surface area contributed by atoms with Crippen LogP contribution in [0.15, 0.2) is 53.9 Å². The minimum Gasteiger partial charge on any atom is -0.493 e. The van der Waals surface area contributed by atoms with Gasteiger partial charge < -0.3 is 4.74 Å². The van der Waals surface area contributed by atoms with Crippen LogP contribution in [0.2, 0.25) is 0 Å². The molecule has 2 bridgehead atoms. The van der Waals surface area contributed by atoms with E-state index in [1.165, 1.54) is 17.1 Å². The Balaban J connectivity index is 1.08. The molecular weight excluding hydrogens is 450 g/mol. The smallest absolute Gasteiger partial charge is 0.249 e. The molecule has 2 aromatic carbocycles. The summed E-state index contributed by atoms with van der Waals surface area (Å²) in [6.45, 7) is 2.60. The first kappa shape index (κ1) is 21.9. The van der Waals surface area contributed by atoms with E-state index in [4.69, 9.17) is 4.74 Å². The number of hydrazone groups is 1. The Labute approximate surface area is 202 Å². The highest BCUT2D eigenvalue weighted by Crippen LogP contribution is 2.74. The first-order valence-corrected chi connectivity index (χ1v) is 11.8. The highest BCUT2D eigenvalue weighted by molar-refractivity contribution is 5.88. The van der Waals surface area contributed by atoms with Gasteiger partial charge in [-0.25, -0.2) is 13.8 Å². The van der Waals surface area contributed by atoms with Gasteiger partial charge in [0.1, 0.15) is 17.4 Å². The molecule has 2 heterocycles. The van der Waals surface area contributed by atoms with Gasteiger partial charge in [0, 0.05) is 42.9 Å². The Bertz CT molecular complexity index is 1320. The third-order valence-corrected chi connectivity index (χ3v) is 7.65. The molecule has 0 spiro atoms. The number of rotatable bonds is 6. The Hall–Kier alpha value is -3.55. The van der Waals surface area contributed by atoms with E-state index in [9.17, 15) is 13.6 Å². The van der Waals surface area contributed by atoms with Crippen LogP contribution in [0.3, 0.4) is 0 Å². The summed E-state index contributed by atoms with van der Waals surface area (Å²) in [6, 6.07) is 9.06. The molecule has 6 nitrogen and oxygen atoms in total. The Kier molecular flexibility index (Phi) is 4.85. The van der Waals surface area contributed by atoms with Crippen LogP contribution in [-0.2, 0) is 11.8 Å². The molecule has 0 N–H and O–H groups in total. The number of benzene rings is 2. The topological polar surface area (TPSA) is 59.7 Å². The lowest BCUT2D eigenvalue weighted by Crippen LogP contribution is -2.69. The van der Waals surface area contributed by atoms with Crippen molar-refractivity contribution in [3.8, 4) is 16.9 Å². The van der Waals surface area contributed by atoms with Crippen LogP contribution in [0.25, 0.3) is 11.1 Å². The first-order valence-electron chi connectivity index (χ1n) is 11.8. The van der Waals surface area contributed by atoms with Gasteiger partial charge in [0.2, 0.25) is 5.91 Å². The van der Waals surface area contributed by atoms with Gasteiger partial charge in [-0.3, -0.25) is 9.48 Å². The van der Waals surface area contributed by atoms with E-state index in [0.29, 0.717) is 18.6 Å². The van der Waals surface area contributed by atoms with Crippen LogP contribution in [0.4, 0.5) is 8.78 Å². The minimum absolute atomic E-state index is 0.00796. The van der Waals surface area contributed by atoms with Crippen molar-refractivity contribution in [1.82, 2.24) is 14.8 Å². The third kappa shape index (κ3) is 3.63. The minimum atomic E-state index is -0.648. The monoisotopic (exact) mass is 476 g/mol. The Morgan fingerprint density at radius 2 is 1.86 bits per heavy atom. The normalized spacial score (nSPS) is 26.4. The lowest BCUT2D eigenvalue weighted by Gasteiger charge is -2.69. The number of nitrogens with zero attached hydrogens (tertiary/aromatic N) is 4. The van der Waals surface area contributed by atoms with E-state index in [2.05, 4.69) is 16.3 Å². The fourth-order valence-electron chi connectivity index (χ4n) is 6.07. The SMILES string of the molecule is Cc1cc(-c2cnn(C)c2)ccc1OCC12CC(C(=O)N3N=CCC3c3cc(F)cc(F)c3)(C1)C2. The maximum Gasteiger partial charge on any atom is 0.249 e. The van der Waals surface area contributed by atoms with Crippen molar-refractivity contribution in [2.45, 2.75) is 38.6 Å². The number of amides is 1. The lowest BCUT2D eigenvalue weighted by atomic mass is 9.35. The Morgan fingerprint density at radius 3 is 2.51 bits per heavy atom. The highest BCUT2D eigenvalue weighted by Gasteiger charge is 2.72. The van der Waals surface area contributed by atoms with E-state index in [-0.39, 0.29) is 11.3 Å². The van der Waals surface area contributed by atoms with E-state index in [1.807, 2.05) is 38.5 Å². The van der Waals surface area contributed by atoms with Crippen molar-refractivity contribution < 1.29 is 18.3 Å². The van der Waals surface area contributed by atoms with Gasteiger partial charge in [-0.05, 0) is 67.1 Å². The van der Waals surface area contributed by atoms with Crippen molar-refractivity contribution in [2.75, 3.05) is 6.61 Å². The summed E-state index contributed by atoms with van der Waals surface area (Å²) in [5.41, 5.74) is 3.22. The molecule has 1 atom stereocenters. The average Bonchev–Trinajstić information content (AvgIpc) is 3.41. The molecule has 0 radical (unpaired) electrons. The first-order chi connectivity index (χ1) is 16.8. The molecule has 1 aromatic heterocycles. The second-order valence-corrected chi connectivity index (χ2v) is 10.4. The molecule has 3 fully saturated rings. The molecule has 3 aliphatic carbocycles. The van der Waals surface area contributed by atoms with Crippen LogP contribution in [0, 0.1) is 29.4 Å². The molecule has 35 heavy (non-hydrogen) atoms. The molecule has 7 rings (SSSR count). The summed E-state index contributed by atoms with van der Waals surface area (Å²) in [6.07, 6.45) is 8.17. The van der Waals surface area contributed by atoms with Gasteiger partial charge >= 0.3 is 0 Å². The standard InChI is InChI=1S/C27H26F2N4O2/c1-17-7-18(20-11-31-32(2)12-20)3-4-24(17)35-16-26-13-27(14-26,15-26)25(34)33-23(5-6-30-33)19-8-21(28)10-22(29)9-19/h3-4,6-12,23H,5,13-16H2,1-2H3. The molecule has 1 amide bonds. The van der Waals surface area contributed by atoms with Crippen molar-refractivity contribution in [1.29, 1.82) is 0 Å². The number of carbonyl (C=O) groups is 1. The van der Waals surface area contributed by atoms with Crippen molar-refractivity contribution in [3.63, 3.8) is 0 Å².